The number of hydrogen-bond acceptors (Lipinski definition) is 5. The van der Waals surface area contributed by atoms with Crippen molar-refractivity contribution in [2.75, 3.05) is 13.1 Å². The third kappa shape index (κ3) is 5.12. The monoisotopic (exact) mass is 410 g/mol. The van der Waals surface area contributed by atoms with Crippen molar-refractivity contribution < 1.29 is 27.2 Å². The molecule has 1 aromatic carbocycles. The number of nitrogens with one attached hydrogen (secondary N) is 1. The Bertz CT molecular complexity index is 882. The van der Waals surface area contributed by atoms with E-state index in [1.54, 1.807) is 11.0 Å². The van der Waals surface area contributed by atoms with Crippen LogP contribution < -0.4 is 5.32 Å². The summed E-state index contributed by atoms with van der Waals surface area (Å²) in [7, 11) is 0. The SMILES string of the molecule is CCC1C(=O)NCCN1C(=O)CCc1nnc(Cc2cccc(C(F)(F)F)c2)o1. The second-order valence-electron chi connectivity index (χ2n) is 6.77. The van der Waals surface area contributed by atoms with E-state index in [9.17, 15) is 22.8 Å². The number of piperazine rings is 1. The van der Waals surface area contributed by atoms with E-state index >= 15 is 0 Å². The first kappa shape index (κ1) is 20.8. The van der Waals surface area contributed by atoms with Crippen LogP contribution in [0.15, 0.2) is 28.7 Å². The van der Waals surface area contributed by atoms with Gasteiger partial charge in [0.25, 0.3) is 0 Å². The van der Waals surface area contributed by atoms with Crippen molar-refractivity contribution in [2.45, 2.75) is 44.8 Å². The van der Waals surface area contributed by atoms with Gasteiger partial charge >= 0.3 is 6.18 Å². The lowest BCUT2D eigenvalue weighted by atomic mass is 10.1. The van der Waals surface area contributed by atoms with Gasteiger partial charge in [-0.25, -0.2) is 0 Å². The summed E-state index contributed by atoms with van der Waals surface area (Å²) in [4.78, 5) is 25.9. The first-order valence-corrected chi connectivity index (χ1v) is 9.32. The molecule has 1 fully saturated rings. The molecule has 0 aliphatic carbocycles. The number of benzene rings is 1. The molecule has 10 heteroatoms. The molecule has 7 nitrogen and oxygen atoms in total. The van der Waals surface area contributed by atoms with Crippen molar-refractivity contribution in [3.05, 3.63) is 47.2 Å². The van der Waals surface area contributed by atoms with Crippen LogP contribution in [0.1, 0.15) is 42.7 Å². The molecule has 1 saturated heterocycles. The number of rotatable bonds is 6. The Labute approximate surface area is 165 Å². The number of amides is 2. The number of carbonyl (C=O) groups is 2. The smallest absolute Gasteiger partial charge is 0.416 e. The number of carbonyl (C=O) groups excluding carboxylic acids is 2. The van der Waals surface area contributed by atoms with Crippen molar-refractivity contribution in [2.24, 2.45) is 0 Å². The molecule has 0 radical (unpaired) electrons. The van der Waals surface area contributed by atoms with E-state index in [1.165, 1.54) is 6.07 Å². The zero-order valence-corrected chi connectivity index (χ0v) is 15.8. The Morgan fingerprint density at radius 1 is 1.31 bits per heavy atom. The summed E-state index contributed by atoms with van der Waals surface area (Å²) < 4.78 is 43.9. The fourth-order valence-corrected chi connectivity index (χ4v) is 3.27. The molecule has 1 atom stereocenters. The first-order chi connectivity index (χ1) is 13.8. The predicted molar refractivity (Wildman–Crippen MR) is 95.7 cm³/mol. The second kappa shape index (κ2) is 8.62. The van der Waals surface area contributed by atoms with Crippen LogP contribution in [0.25, 0.3) is 0 Å². The van der Waals surface area contributed by atoms with Crippen LogP contribution in [0, 0.1) is 0 Å². The third-order valence-corrected chi connectivity index (χ3v) is 4.71. The molecule has 1 aliphatic rings. The summed E-state index contributed by atoms with van der Waals surface area (Å²) in [5, 5.41) is 10.5. The third-order valence-electron chi connectivity index (χ3n) is 4.71. The summed E-state index contributed by atoms with van der Waals surface area (Å²) in [6.45, 7) is 2.71. The highest BCUT2D eigenvalue weighted by Gasteiger charge is 2.32. The van der Waals surface area contributed by atoms with E-state index in [0.717, 1.165) is 12.1 Å². The normalized spacial score (nSPS) is 17.3. The van der Waals surface area contributed by atoms with E-state index < -0.39 is 17.8 Å². The largest absolute Gasteiger partial charge is 0.425 e. The highest BCUT2D eigenvalue weighted by molar-refractivity contribution is 5.88. The van der Waals surface area contributed by atoms with Gasteiger partial charge in [-0.05, 0) is 18.1 Å². The van der Waals surface area contributed by atoms with Gasteiger partial charge in [-0.3, -0.25) is 9.59 Å². The molecule has 0 saturated carbocycles. The average Bonchev–Trinajstić information content (AvgIpc) is 3.12. The van der Waals surface area contributed by atoms with E-state index in [1.807, 2.05) is 6.92 Å². The van der Waals surface area contributed by atoms with Crippen molar-refractivity contribution in [3.63, 3.8) is 0 Å². The standard InChI is InChI=1S/C19H21F3N4O3/c1-2-14-18(28)23-8-9-26(14)17(27)7-6-15-24-25-16(29-15)11-12-4-3-5-13(10-12)19(20,21)22/h3-5,10,14H,2,6-9,11H2,1H3,(H,23,28). The number of halogens is 3. The molecule has 2 aromatic rings. The predicted octanol–water partition coefficient (Wildman–Crippen LogP) is 2.35. The first-order valence-electron chi connectivity index (χ1n) is 9.32. The number of aromatic nitrogens is 2. The molecule has 1 N–H and O–H groups in total. The van der Waals surface area contributed by atoms with Crippen molar-refractivity contribution >= 4 is 11.8 Å². The lowest BCUT2D eigenvalue weighted by molar-refractivity contribution is -0.143. The molecule has 29 heavy (non-hydrogen) atoms. The average molecular weight is 410 g/mol. The Morgan fingerprint density at radius 3 is 2.79 bits per heavy atom. The molecule has 156 valence electrons. The van der Waals surface area contributed by atoms with Gasteiger partial charge in [-0.2, -0.15) is 13.2 Å². The molecule has 0 spiro atoms. The highest BCUT2D eigenvalue weighted by atomic mass is 19.4. The summed E-state index contributed by atoms with van der Waals surface area (Å²) >= 11 is 0. The van der Waals surface area contributed by atoms with Gasteiger partial charge in [-0.15, -0.1) is 10.2 Å². The Balaban J connectivity index is 1.58. The lowest BCUT2D eigenvalue weighted by Gasteiger charge is -2.34. The fraction of sp³-hybridized carbons (Fsp3) is 0.474. The molecule has 2 heterocycles. The van der Waals surface area contributed by atoms with Crippen molar-refractivity contribution in [3.8, 4) is 0 Å². The fourth-order valence-electron chi connectivity index (χ4n) is 3.27. The maximum absolute atomic E-state index is 12.8. The van der Waals surface area contributed by atoms with Gasteiger partial charge in [0.2, 0.25) is 23.6 Å². The van der Waals surface area contributed by atoms with Crippen molar-refractivity contribution in [1.82, 2.24) is 20.4 Å². The quantitative estimate of drug-likeness (QED) is 0.790. The Kier molecular flexibility index (Phi) is 6.19. The number of alkyl halides is 3. The lowest BCUT2D eigenvalue weighted by Crippen LogP contribution is -2.56. The van der Waals surface area contributed by atoms with E-state index in [0.29, 0.717) is 25.1 Å². The van der Waals surface area contributed by atoms with E-state index in [2.05, 4.69) is 15.5 Å². The molecular formula is C19H21F3N4O3. The maximum Gasteiger partial charge on any atom is 0.416 e. The van der Waals surface area contributed by atoms with Gasteiger partial charge in [0, 0.05) is 25.9 Å². The van der Waals surface area contributed by atoms with Crippen LogP contribution in [0.3, 0.4) is 0 Å². The summed E-state index contributed by atoms with van der Waals surface area (Å²) in [5.74, 6) is 0.0722. The summed E-state index contributed by atoms with van der Waals surface area (Å²) in [6.07, 6.45) is -3.52. The molecular weight excluding hydrogens is 389 g/mol. The molecule has 3 rings (SSSR count). The van der Waals surface area contributed by atoms with Crippen LogP contribution in [-0.2, 0) is 28.6 Å². The molecule has 1 aliphatic heterocycles. The van der Waals surface area contributed by atoms with Gasteiger partial charge in [0.05, 0.1) is 12.0 Å². The number of hydrogen-bond donors (Lipinski definition) is 1. The van der Waals surface area contributed by atoms with Gasteiger partial charge in [0.15, 0.2) is 0 Å². The molecule has 1 unspecified atom stereocenters. The zero-order valence-electron chi connectivity index (χ0n) is 15.8. The van der Waals surface area contributed by atoms with Crippen molar-refractivity contribution in [1.29, 1.82) is 0 Å². The molecule has 1 aromatic heterocycles. The zero-order chi connectivity index (χ0) is 21.0. The molecule has 2 amide bonds. The van der Waals surface area contributed by atoms with Gasteiger partial charge < -0.3 is 14.6 Å². The van der Waals surface area contributed by atoms with Crippen LogP contribution >= 0.6 is 0 Å². The van der Waals surface area contributed by atoms with Crippen LogP contribution in [0.5, 0.6) is 0 Å². The van der Waals surface area contributed by atoms with Crippen LogP contribution in [-0.4, -0.2) is 46.0 Å². The minimum atomic E-state index is -4.42. The summed E-state index contributed by atoms with van der Waals surface area (Å²) in [6, 6.07) is 4.44. The van der Waals surface area contributed by atoms with Crippen LogP contribution in [0.2, 0.25) is 0 Å². The van der Waals surface area contributed by atoms with E-state index in [4.69, 9.17) is 4.42 Å². The second-order valence-corrected chi connectivity index (χ2v) is 6.77. The van der Waals surface area contributed by atoms with Gasteiger partial charge in [-0.1, -0.05) is 25.1 Å². The topological polar surface area (TPSA) is 88.3 Å². The Hall–Kier alpha value is -2.91. The van der Waals surface area contributed by atoms with Gasteiger partial charge in [0.1, 0.15) is 6.04 Å². The number of aryl methyl sites for hydroxylation is 1. The summed E-state index contributed by atoms with van der Waals surface area (Å²) in [5.41, 5.74) is -0.340. The van der Waals surface area contributed by atoms with Crippen LogP contribution in [0.4, 0.5) is 13.2 Å². The highest BCUT2D eigenvalue weighted by Crippen LogP contribution is 2.29. The maximum atomic E-state index is 12.8. The minimum Gasteiger partial charge on any atom is -0.425 e. The Morgan fingerprint density at radius 2 is 2.07 bits per heavy atom. The number of nitrogens with zero attached hydrogens (tertiary/aromatic N) is 3. The van der Waals surface area contributed by atoms with E-state index in [-0.39, 0.29) is 42.9 Å². The molecule has 0 bridgehead atoms. The minimum absolute atomic E-state index is 0.0646.